The van der Waals surface area contributed by atoms with Crippen LogP contribution in [0.3, 0.4) is 0 Å². The molecule has 0 bridgehead atoms. The number of carbonyl (C=O) groups is 1. The van der Waals surface area contributed by atoms with Gasteiger partial charge in [0.25, 0.3) is 0 Å². The van der Waals surface area contributed by atoms with Gasteiger partial charge in [-0.25, -0.2) is 9.18 Å². The minimum atomic E-state index is -1.03. The molecular formula is C23H28FNO4. The highest BCUT2D eigenvalue weighted by atomic mass is 19.1. The Morgan fingerprint density at radius 1 is 1.17 bits per heavy atom. The van der Waals surface area contributed by atoms with Gasteiger partial charge < -0.3 is 14.9 Å². The number of aliphatic carboxylic acids is 1. The molecule has 0 unspecified atom stereocenters. The topological polar surface area (TPSA) is 79.7 Å². The third-order valence-corrected chi connectivity index (χ3v) is 5.95. The minimum absolute atomic E-state index is 0.0554. The van der Waals surface area contributed by atoms with Crippen LogP contribution in [0, 0.1) is 26.6 Å². The van der Waals surface area contributed by atoms with E-state index in [1.54, 1.807) is 6.07 Å². The number of pyridine rings is 1. The van der Waals surface area contributed by atoms with E-state index in [0.717, 1.165) is 47.9 Å². The van der Waals surface area contributed by atoms with Crippen LogP contribution in [0.25, 0.3) is 0 Å². The van der Waals surface area contributed by atoms with Crippen molar-refractivity contribution in [1.29, 1.82) is 0 Å². The number of aromatic nitrogens is 1. The summed E-state index contributed by atoms with van der Waals surface area (Å²) in [6, 6.07) is 2.98. The SMILES string of the molecule is Cc1cc(OCC(=O)O)c(C)c(C)c1Cc1nc(C2CCCCC2)c(O)cc1F. The summed E-state index contributed by atoms with van der Waals surface area (Å²) in [7, 11) is 0. The highest BCUT2D eigenvalue weighted by molar-refractivity contribution is 5.68. The molecule has 6 heteroatoms. The van der Waals surface area contributed by atoms with Gasteiger partial charge in [-0.05, 0) is 61.9 Å². The minimum Gasteiger partial charge on any atom is -0.506 e. The summed E-state index contributed by atoms with van der Waals surface area (Å²) < 4.78 is 20.0. The predicted molar refractivity (Wildman–Crippen MR) is 108 cm³/mol. The monoisotopic (exact) mass is 401 g/mol. The number of aromatic hydroxyl groups is 1. The quantitative estimate of drug-likeness (QED) is 0.716. The molecule has 1 heterocycles. The highest BCUT2D eigenvalue weighted by Crippen LogP contribution is 2.37. The smallest absolute Gasteiger partial charge is 0.341 e. The number of halogens is 1. The van der Waals surface area contributed by atoms with Gasteiger partial charge in [0.2, 0.25) is 0 Å². The van der Waals surface area contributed by atoms with Crippen molar-refractivity contribution in [3.05, 3.63) is 51.6 Å². The average Bonchev–Trinajstić information content (AvgIpc) is 2.69. The van der Waals surface area contributed by atoms with Gasteiger partial charge in [0.15, 0.2) is 6.61 Å². The Bertz CT molecular complexity index is 920. The lowest BCUT2D eigenvalue weighted by molar-refractivity contribution is -0.139. The van der Waals surface area contributed by atoms with E-state index in [9.17, 15) is 14.3 Å². The zero-order valence-corrected chi connectivity index (χ0v) is 17.2. The second-order valence-corrected chi connectivity index (χ2v) is 7.94. The van der Waals surface area contributed by atoms with Gasteiger partial charge in [0.1, 0.15) is 17.3 Å². The predicted octanol–water partition coefficient (Wildman–Crippen LogP) is 4.95. The summed E-state index contributed by atoms with van der Waals surface area (Å²) in [5.74, 6) is -0.897. The molecule has 1 aliphatic rings. The van der Waals surface area contributed by atoms with Crippen LogP contribution < -0.4 is 4.74 Å². The van der Waals surface area contributed by atoms with E-state index in [2.05, 4.69) is 4.98 Å². The van der Waals surface area contributed by atoms with Crippen LogP contribution in [0.1, 0.15) is 71.7 Å². The molecular weight excluding hydrogens is 373 g/mol. The van der Waals surface area contributed by atoms with E-state index in [4.69, 9.17) is 9.84 Å². The van der Waals surface area contributed by atoms with Crippen LogP contribution in [0.15, 0.2) is 12.1 Å². The number of hydrogen-bond acceptors (Lipinski definition) is 4. The van der Waals surface area contributed by atoms with Crippen molar-refractivity contribution in [2.45, 2.75) is 65.2 Å². The Labute approximate surface area is 170 Å². The first-order chi connectivity index (χ1) is 13.8. The molecule has 0 spiro atoms. The number of benzene rings is 1. The van der Waals surface area contributed by atoms with E-state index < -0.39 is 18.4 Å². The summed E-state index contributed by atoms with van der Waals surface area (Å²) in [5, 5.41) is 19.1. The molecule has 0 aliphatic heterocycles. The number of aryl methyl sites for hydroxylation is 1. The molecule has 1 aromatic carbocycles. The van der Waals surface area contributed by atoms with Gasteiger partial charge in [-0.15, -0.1) is 0 Å². The van der Waals surface area contributed by atoms with Crippen LogP contribution in [0.4, 0.5) is 4.39 Å². The first-order valence-corrected chi connectivity index (χ1v) is 10.1. The van der Waals surface area contributed by atoms with Gasteiger partial charge >= 0.3 is 5.97 Å². The van der Waals surface area contributed by atoms with Crippen molar-refractivity contribution >= 4 is 5.97 Å². The number of carboxylic acids is 1. The maximum atomic E-state index is 14.6. The molecule has 156 valence electrons. The second kappa shape index (κ2) is 8.80. The fourth-order valence-corrected chi connectivity index (χ4v) is 4.16. The standard InChI is InChI=1S/C23H28FNO4/c1-13-9-21(29-12-22(27)28)15(3)14(2)17(13)10-19-18(24)11-20(26)23(25-19)16-7-5-4-6-8-16/h9,11,16,26H,4-8,10,12H2,1-3H3,(H,27,28). The first-order valence-electron chi connectivity index (χ1n) is 10.1. The molecule has 2 aromatic rings. The van der Waals surface area contributed by atoms with E-state index in [0.29, 0.717) is 23.6 Å². The van der Waals surface area contributed by atoms with Crippen LogP contribution in [-0.4, -0.2) is 27.8 Å². The molecule has 0 saturated heterocycles. The summed E-state index contributed by atoms with van der Waals surface area (Å²) in [4.78, 5) is 15.3. The van der Waals surface area contributed by atoms with Gasteiger partial charge in [0, 0.05) is 18.4 Å². The number of ether oxygens (including phenoxy) is 1. The van der Waals surface area contributed by atoms with Crippen molar-refractivity contribution < 1.29 is 24.1 Å². The molecule has 5 nitrogen and oxygen atoms in total. The van der Waals surface area contributed by atoms with Gasteiger partial charge in [-0.3, -0.25) is 4.98 Å². The fraction of sp³-hybridized carbons (Fsp3) is 0.478. The zero-order valence-electron chi connectivity index (χ0n) is 17.2. The number of carboxylic acid groups (broad SMARTS) is 1. The molecule has 0 amide bonds. The Kier molecular flexibility index (Phi) is 6.40. The van der Waals surface area contributed by atoms with Crippen LogP contribution in [0.5, 0.6) is 11.5 Å². The second-order valence-electron chi connectivity index (χ2n) is 7.94. The van der Waals surface area contributed by atoms with Gasteiger partial charge in [0.05, 0.1) is 11.4 Å². The van der Waals surface area contributed by atoms with Crippen molar-refractivity contribution in [3.8, 4) is 11.5 Å². The Hall–Kier alpha value is -2.63. The summed E-state index contributed by atoms with van der Waals surface area (Å²) >= 11 is 0. The third-order valence-electron chi connectivity index (χ3n) is 5.95. The Balaban J connectivity index is 1.93. The number of hydrogen-bond donors (Lipinski definition) is 2. The normalized spacial score (nSPS) is 14.8. The van der Waals surface area contributed by atoms with Crippen LogP contribution in [0.2, 0.25) is 0 Å². The van der Waals surface area contributed by atoms with Gasteiger partial charge in [-0.2, -0.15) is 0 Å². The van der Waals surface area contributed by atoms with E-state index in [1.165, 1.54) is 12.5 Å². The molecule has 1 saturated carbocycles. The molecule has 1 aromatic heterocycles. The van der Waals surface area contributed by atoms with E-state index >= 15 is 0 Å². The largest absolute Gasteiger partial charge is 0.506 e. The fourth-order valence-electron chi connectivity index (χ4n) is 4.16. The first kappa shape index (κ1) is 21.1. The highest BCUT2D eigenvalue weighted by Gasteiger charge is 2.23. The summed E-state index contributed by atoms with van der Waals surface area (Å²) in [6.45, 7) is 5.28. The van der Waals surface area contributed by atoms with Crippen LogP contribution in [-0.2, 0) is 11.2 Å². The van der Waals surface area contributed by atoms with Crippen molar-refractivity contribution in [2.75, 3.05) is 6.61 Å². The van der Waals surface area contributed by atoms with Crippen LogP contribution >= 0.6 is 0 Å². The average molecular weight is 401 g/mol. The van der Waals surface area contributed by atoms with Gasteiger partial charge in [-0.1, -0.05) is 19.3 Å². The van der Waals surface area contributed by atoms with Crippen molar-refractivity contribution in [2.24, 2.45) is 0 Å². The van der Waals surface area contributed by atoms with Crippen molar-refractivity contribution in [1.82, 2.24) is 4.98 Å². The Morgan fingerprint density at radius 2 is 1.86 bits per heavy atom. The number of nitrogens with zero attached hydrogens (tertiary/aromatic N) is 1. The summed E-state index contributed by atoms with van der Waals surface area (Å²) in [5.41, 5.74) is 4.53. The number of rotatable bonds is 6. The van der Waals surface area contributed by atoms with E-state index in [1.807, 2.05) is 20.8 Å². The molecule has 0 radical (unpaired) electrons. The molecule has 3 rings (SSSR count). The Morgan fingerprint density at radius 3 is 2.52 bits per heavy atom. The van der Waals surface area contributed by atoms with Crippen molar-refractivity contribution in [3.63, 3.8) is 0 Å². The lowest BCUT2D eigenvalue weighted by Gasteiger charge is -2.23. The maximum absolute atomic E-state index is 14.6. The molecule has 1 fully saturated rings. The molecule has 2 N–H and O–H groups in total. The molecule has 0 atom stereocenters. The molecule has 29 heavy (non-hydrogen) atoms. The maximum Gasteiger partial charge on any atom is 0.341 e. The lowest BCUT2D eigenvalue weighted by Crippen LogP contribution is -2.12. The third kappa shape index (κ3) is 4.69. The lowest BCUT2D eigenvalue weighted by atomic mass is 9.86. The summed E-state index contributed by atoms with van der Waals surface area (Å²) in [6.07, 6.45) is 5.65. The molecule has 1 aliphatic carbocycles. The van der Waals surface area contributed by atoms with E-state index in [-0.39, 0.29) is 11.7 Å². The zero-order chi connectivity index (χ0) is 21.1.